The van der Waals surface area contributed by atoms with Crippen LogP contribution in [0.2, 0.25) is 0 Å². The van der Waals surface area contributed by atoms with Crippen molar-refractivity contribution >= 4 is 5.97 Å². The van der Waals surface area contributed by atoms with Crippen LogP contribution in [0.3, 0.4) is 0 Å². The lowest BCUT2D eigenvalue weighted by atomic mass is 9.88. The number of hydrogen-bond donors (Lipinski definition) is 1. The summed E-state index contributed by atoms with van der Waals surface area (Å²) in [6, 6.07) is 0. The van der Waals surface area contributed by atoms with Gasteiger partial charge >= 0.3 is 5.97 Å². The van der Waals surface area contributed by atoms with Crippen LogP contribution in [0.5, 0.6) is 0 Å². The molecule has 0 aromatic carbocycles. The van der Waals surface area contributed by atoms with E-state index in [2.05, 4.69) is 17.3 Å². The van der Waals surface area contributed by atoms with Crippen molar-refractivity contribution < 1.29 is 9.53 Å². The maximum atomic E-state index is 11.5. The largest absolute Gasteiger partial charge is 0.468 e. The molecule has 0 radical (unpaired) electrons. The Hall–Kier alpha value is -0.610. The van der Waals surface area contributed by atoms with Gasteiger partial charge in [-0.15, -0.1) is 0 Å². The number of hydrogen-bond acceptors (Lipinski definition) is 4. The second kappa shape index (κ2) is 4.07. The first-order valence-electron chi connectivity index (χ1n) is 4.60. The molecule has 0 spiro atoms. The van der Waals surface area contributed by atoms with Gasteiger partial charge in [0, 0.05) is 13.1 Å². The van der Waals surface area contributed by atoms with E-state index in [1.54, 1.807) is 0 Å². The summed E-state index contributed by atoms with van der Waals surface area (Å²) in [6.07, 6.45) is 1.65. The number of rotatable bonds is 2. The van der Waals surface area contributed by atoms with Gasteiger partial charge in [0.15, 0.2) is 0 Å². The van der Waals surface area contributed by atoms with Crippen molar-refractivity contribution in [1.29, 1.82) is 0 Å². The standard InChI is InChI=1S/C9H18N2O2/c1-10-9(8(12)13-3)4-6-11(2)7-5-9/h10H,4-7H2,1-3H3. The molecule has 76 valence electrons. The third kappa shape index (κ3) is 2.00. The number of nitrogens with zero attached hydrogens (tertiary/aromatic N) is 1. The van der Waals surface area contributed by atoms with Gasteiger partial charge in [-0.3, -0.25) is 4.79 Å². The average Bonchev–Trinajstić information content (AvgIpc) is 2.18. The summed E-state index contributed by atoms with van der Waals surface area (Å²) < 4.78 is 4.80. The SMILES string of the molecule is CNC1(C(=O)OC)CCN(C)CC1. The van der Waals surface area contributed by atoms with Gasteiger partial charge in [0.05, 0.1) is 7.11 Å². The summed E-state index contributed by atoms with van der Waals surface area (Å²) in [5, 5.41) is 3.09. The molecule has 1 N–H and O–H groups in total. The number of esters is 1. The quantitative estimate of drug-likeness (QED) is 0.609. The van der Waals surface area contributed by atoms with Crippen molar-refractivity contribution in [3.8, 4) is 0 Å². The minimum Gasteiger partial charge on any atom is -0.468 e. The summed E-state index contributed by atoms with van der Waals surface area (Å²) in [4.78, 5) is 13.7. The lowest BCUT2D eigenvalue weighted by molar-refractivity contribution is -0.150. The Bertz CT molecular complexity index is 186. The number of piperidine rings is 1. The molecule has 0 atom stereocenters. The number of likely N-dealkylation sites (tertiary alicyclic amines) is 1. The Labute approximate surface area is 79.2 Å². The molecule has 1 rings (SSSR count). The van der Waals surface area contributed by atoms with Crippen molar-refractivity contribution in [2.24, 2.45) is 0 Å². The van der Waals surface area contributed by atoms with Crippen LogP contribution in [0.25, 0.3) is 0 Å². The number of nitrogens with one attached hydrogen (secondary N) is 1. The van der Waals surface area contributed by atoms with Crippen LogP contribution in [0.15, 0.2) is 0 Å². The van der Waals surface area contributed by atoms with Gasteiger partial charge in [-0.05, 0) is 26.9 Å². The average molecular weight is 186 g/mol. The Morgan fingerprint density at radius 2 is 2.00 bits per heavy atom. The first kappa shape index (κ1) is 10.5. The molecule has 0 unspecified atom stereocenters. The molecule has 0 amide bonds. The fraction of sp³-hybridized carbons (Fsp3) is 0.889. The van der Waals surface area contributed by atoms with Gasteiger partial charge < -0.3 is 15.0 Å². The Balaban J connectivity index is 2.65. The number of ether oxygens (including phenoxy) is 1. The van der Waals surface area contributed by atoms with E-state index in [1.165, 1.54) is 7.11 Å². The van der Waals surface area contributed by atoms with Crippen molar-refractivity contribution in [3.63, 3.8) is 0 Å². The van der Waals surface area contributed by atoms with Crippen LogP contribution in [0.4, 0.5) is 0 Å². The Morgan fingerprint density at radius 1 is 1.46 bits per heavy atom. The molecule has 0 aliphatic carbocycles. The molecule has 0 bridgehead atoms. The third-order valence-corrected chi connectivity index (χ3v) is 2.90. The number of carbonyl (C=O) groups is 1. The van der Waals surface area contributed by atoms with E-state index in [1.807, 2.05) is 7.05 Å². The summed E-state index contributed by atoms with van der Waals surface area (Å²) in [5.74, 6) is -0.136. The van der Waals surface area contributed by atoms with Crippen LogP contribution in [0.1, 0.15) is 12.8 Å². The van der Waals surface area contributed by atoms with Crippen LogP contribution in [-0.2, 0) is 9.53 Å². The van der Waals surface area contributed by atoms with Gasteiger partial charge in [-0.1, -0.05) is 0 Å². The molecule has 4 nitrogen and oxygen atoms in total. The monoisotopic (exact) mass is 186 g/mol. The summed E-state index contributed by atoms with van der Waals surface area (Å²) in [6.45, 7) is 1.88. The van der Waals surface area contributed by atoms with Crippen LogP contribution in [-0.4, -0.2) is 50.7 Å². The highest BCUT2D eigenvalue weighted by molar-refractivity contribution is 5.80. The molecule has 1 aliphatic rings. The van der Waals surface area contributed by atoms with E-state index in [0.717, 1.165) is 25.9 Å². The van der Waals surface area contributed by atoms with Gasteiger partial charge in [0.25, 0.3) is 0 Å². The van der Waals surface area contributed by atoms with Crippen molar-refractivity contribution in [3.05, 3.63) is 0 Å². The van der Waals surface area contributed by atoms with Gasteiger partial charge in [-0.25, -0.2) is 0 Å². The zero-order valence-corrected chi connectivity index (χ0v) is 8.59. The number of likely N-dealkylation sites (N-methyl/N-ethyl adjacent to an activating group) is 1. The molecule has 1 heterocycles. The van der Waals surface area contributed by atoms with E-state index < -0.39 is 5.54 Å². The Kier molecular flexibility index (Phi) is 3.27. The minimum absolute atomic E-state index is 0.136. The summed E-state index contributed by atoms with van der Waals surface area (Å²) in [7, 11) is 5.33. The second-order valence-electron chi connectivity index (χ2n) is 3.63. The highest BCUT2D eigenvalue weighted by atomic mass is 16.5. The van der Waals surface area contributed by atoms with E-state index in [-0.39, 0.29) is 5.97 Å². The van der Waals surface area contributed by atoms with E-state index in [9.17, 15) is 4.79 Å². The molecule has 1 saturated heterocycles. The van der Waals surface area contributed by atoms with E-state index >= 15 is 0 Å². The fourth-order valence-electron chi connectivity index (χ4n) is 1.75. The van der Waals surface area contributed by atoms with Crippen LogP contribution >= 0.6 is 0 Å². The first-order chi connectivity index (χ1) is 6.14. The number of methoxy groups -OCH3 is 1. The molecular weight excluding hydrogens is 168 g/mol. The van der Waals surface area contributed by atoms with Crippen molar-refractivity contribution in [1.82, 2.24) is 10.2 Å². The maximum absolute atomic E-state index is 11.5. The second-order valence-corrected chi connectivity index (χ2v) is 3.63. The summed E-state index contributed by atoms with van der Waals surface area (Å²) >= 11 is 0. The maximum Gasteiger partial charge on any atom is 0.326 e. The van der Waals surface area contributed by atoms with Gasteiger partial charge in [0.2, 0.25) is 0 Å². The molecule has 4 heteroatoms. The molecular formula is C9H18N2O2. The van der Waals surface area contributed by atoms with Crippen molar-refractivity contribution in [2.75, 3.05) is 34.3 Å². The number of carbonyl (C=O) groups excluding carboxylic acids is 1. The normalized spacial score (nSPS) is 22.7. The van der Waals surface area contributed by atoms with E-state index in [0.29, 0.717) is 0 Å². The molecule has 0 aromatic heterocycles. The lowest BCUT2D eigenvalue weighted by Crippen LogP contribution is -2.57. The fourth-order valence-corrected chi connectivity index (χ4v) is 1.75. The first-order valence-corrected chi connectivity index (χ1v) is 4.60. The molecule has 0 aromatic rings. The van der Waals surface area contributed by atoms with Crippen molar-refractivity contribution in [2.45, 2.75) is 18.4 Å². The minimum atomic E-state index is -0.443. The highest BCUT2D eigenvalue weighted by Crippen LogP contribution is 2.22. The predicted octanol–water partition coefficient (Wildman–Crippen LogP) is -0.157. The van der Waals surface area contributed by atoms with Crippen LogP contribution < -0.4 is 5.32 Å². The van der Waals surface area contributed by atoms with Crippen LogP contribution in [0, 0.1) is 0 Å². The third-order valence-electron chi connectivity index (χ3n) is 2.90. The topological polar surface area (TPSA) is 41.6 Å². The zero-order valence-electron chi connectivity index (χ0n) is 8.59. The summed E-state index contributed by atoms with van der Waals surface area (Å²) in [5.41, 5.74) is -0.443. The highest BCUT2D eigenvalue weighted by Gasteiger charge is 2.40. The molecule has 1 aliphatic heterocycles. The van der Waals surface area contributed by atoms with E-state index in [4.69, 9.17) is 4.74 Å². The zero-order chi connectivity index (χ0) is 9.90. The molecule has 13 heavy (non-hydrogen) atoms. The van der Waals surface area contributed by atoms with Gasteiger partial charge in [0.1, 0.15) is 5.54 Å². The smallest absolute Gasteiger partial charge is 0.326 e. The Morgan fingerprint density at radius 3 is 2.38 bits per heavy atom. The van der Waals surface area contributed by atoms with Gasteiger partial charge in [-0.2, -0.15) is 0 Å². The predicted molar refractivity (Wildman–Crippen MR) is 50.5 cm³/mol. The molecule has 0 saturated carbocycles. The lowest BCUT2D eigenvalue weighted by Gasteiger charge is -2.37. The molecule has 1 fully saturated rings.